The molecule has 9 nitrogen and oxygen atoms in total. The van der Waals surface area contributed by atoms with Gasteiger partial charge in [-0.15, -0.1) is 0 Å². The maximum Gasteiger partial charge on any atom is 0.390 e. The first-order valence-electron chi connectivity index (χ1n) is 13.8. The van der Waals surface area contributed by atoms with Gasteiger partial charge in [0.1, 0.15) is 17.7 Å². The zero-order valence-electron chi connectivity index (χ0n) is 23.9. The summed E-state index contributed by atoms with van der Waals surface area (Å²) in [6, 6.07) is 0.763. The van der Waals surface area contributed by atoms with Gasteiger partial charge in [0, 0.05) is 31.4 Å². The highest BCUT2D eigenvalue weighted by molar-refractivity contribution is 5.91. The summed E-state index contributed by atoms with van der Waals surface area (Å²) in [7, 11) is 0. The van der Waals surface area contributed by atoms with Crippen molar-refractivity contribution in [1.29, 1.82) is 0 Å². The van der Waals surface area contributed by atoms with Gasteiger partial charge in [-0.3, -0.25) is 9.59 Å². The van der Waals surface area contributed by atoms with Gasteiger partial charge in [0.15, 0.2) is 5.82 Å². The number of rotatable bonds is 10. The SMILES string of the molecule is CC(C)n1ncnc1C(=O)N[C@H](c1nc2c(F)c([C@@H](CC(F)(F)F)C(=O)NCC(C)(F)F)ccc2[nH]1)C1CCC(F)(F)CC1. The first-order chi connectivity index (χ1) is 20.3. The van der Waals surface area contributed by atoms with Crippen molar-refractivity contribution in [3.63, 3.8) is 0 Å². The highest BCUT2D eigenvalue weighted by Crippen LogP contribution is 2.42. The fourth-order valence-electron chi connectivity index (χ4n) is 5.24. The molecular formula is C27H31F8N7O2. The molecule has 0 saturated heterocycles. The summed E-state index contributed by atoms with van der Waals surface area (Å²) in [5, 5.41) is 8.46. The molecule has 17 heteroatoms. The number of carbonyl (C=O) groups excluding carboxylic acids is 2. The first kappa shape index (κ1) is 33.1. The number of hydrogen-bond donors (Lipinski definition) is 3. The predicted octanol–water partition coefficient (Wildman–Crippen LogP) is 5.98. The van der Waals surface area contributed by atoms with Crippen LogP contribution in [0.15, 0.2) is 18.5 Å². The number of amides is 2. The maximum absolute atomic E-state index is 15.8. The van der Waals surface area contributed by atoms with E-state index >= 15 is 4.39 Å². The Balaban J connectivity index is 1.72. The Hall–Kier alpha value is -3.79. The van der Waals surface area contributed by atoms with Crippen molar-refractivity contribution in [2.75, 3.05) is 6.54 Å². The number of fused-ring (bicyclic) bond motifs is 1. The lowest BCUT2D eigenvalue weighted by Gasteiger charge is -2.33. The Morgan fingerprint density at radius 1 is 1.14 bits per heavy atom. The van der Waals surface area contributed by atoms with Crippen LogP contribution in [0.25, 0.3) is 11.0 Å². The number of halogens is 8. The van der Waals surface area contributed by atoms with E-state index in [1.54, 1.807) is 19.2 Å². The minimum absolute atomic E-state index is 0.0155. The van der Waals surface area contributed by atoms with E-state index in [9.17, 15) is 40.3 Å². The number of nitrogens with zero attached hydrogens (tertiary/aromatic N) is 4. The molecule has 44 heavy (non-hydrogen) atoms. The number of carbonyl (C=O) groups is 2. The van der Waals surface area contributed by atoms with Crippen molar-refractivity contribution in [1.82, 2.24) is 35.4 Å². The molecule has 0 radical (unpaired) electrons. The molecule has 1 aromatic carbocycles. The maximum atomic E-state index is 15.8. The Morgan fingerprint density at radius 3 is 2.39 bits per heavy atom. The first-order valence-corrected chi connectivity index (χ1v) is 13.8. The van der Waals surface area contributed by atoms with Gasteiger partial charge < -0.3 is 15.6 Å². The number of aromatic nitrogens is 5. The summed E-state index contributed by atoms with van der Waals surface area (Å²) >= 11 is 0. The van der Waals surface area contributed by atoms with Crippen molar-refractivity contribution < 1.29 is 44.7 Å². The average Bonchev–Trinajstić information content (AvgIpc) is 3.57. The second-order valence-corrected chi connectivity index (χ2v) is 11.4. The number of aromatic amines is 1. The predicted molar refractivity (Wildman–Crippen MR) is 141 cm³/mol. The summed E-state index contributed by atoms with van der Waals surface area (Å²) < 4.78 is 112. The Kier molecular flexibility index (Phi) is 9.26. The zero-order valence-corrected chi connectivity index (χ0v) is 23.9. The molecule has 2 heterocycles. The van der Waals surface area contributed by atoms with Crippen LogP contribution in [-0.2, 0) is 4.79 Å². The number of nitrogens with one attached hydrogen (secondary N) is 3. The van der Waals surface area contributed by atoms with E-state index < -0.39 is 90.4 Å². The Bertz CT molecular complexity index is 1490. The van der Waals surface area contributed by atoms with Crippen LogP contribution in [0.5, 0.6) is 0 Å². The normalized spacial score (nSPS) is 17.5. The number of hydrogen-bond acceptors (Lipinski definition) is 5. The van der Waals surface area contributed by atoms with E-state index in [-0.39, 0.29) is 36.0 Å². The average molecular weight is 638 g/mol. The van der Waals surface area contributed by atoms with Gasteiger partial charge in [0.25, 0.3) is 11.8 Å². The minimum Gasteiger partial charge on any atom is -0.350 e. The monoisotopic (exact) mass is 637 g/mol. The van der Waals surface area contributed by atoms with Gasteiger partial charge in [-0.1, -0.05) is 6.07 Å². The number of H-pyrrole nitrogens is 1. The van der Waals surface area contributed by atoms with E-state index in [1.165, 1.54) is 17.1 Å². The van der Waals surface area contributed by atoms with Crippen molar-refractivity contribution >= 4 is 22.8 Å². The van der Waals surface area contributed by atoms with Crippen molar-refractivity contribution in [2.45, 2.75) is 88.9 Å². The molecule has 1 saturated carbocycles. The van der Waals surface area contributed by atoms with Gasteiger partial charge >= 0.3 is 6.18 Å². The van der Waals surface area contributed by atoms with Crippen molar-refractivity contribution in [3.8, 4) is 0 Å². The minimum atomic E-state index is -4.95. The number of benzene rings is 1. The van der Waals surface area contributed by atoms with Gasteiger partial charge in [-0.05, 0) is 38.7 Å². The van der Waals surface area contributed by atoms with Gasteiger partial charge in [-0.2, -0.15) is 18.3 Å². The summed E-state index contributed by atoms with van der Waals surface area (Å²) in [5.41, 5.74) is -1.23. The van der Waals surface area contributed by atoms with Gasteiger partial charge in [-0.25, -0.2) is 36.6 Å². The Morgan fingerprint density at radius 2 is 1.80 bits per heavy atom. The molecule has 3 N–H and O–H groups in total. The largest absolute Gasteiger partial charge is 0.390 e. The highest BCUT2D eigenvalue weighted by atomic mass is 19.4. The van der Waals surface area contributed by atoms with Crippen LogP contribution in [0.3, 0.4) is 0 Å². The van der Waals surface area contributed by atoms with Crippen LogP contribution < -0.4 is 10.6 Å². The third-order valence-electron chi connectivity index (χ3n) is 7.42. The lowest BCUT2D eigenvalue weighted by Crippen LogP contribution is -2.39. The molecule has 242 valence electrons. The smallest absolute Gasteiger partial charge is 0.350 e. The summed E-state index contributed by atoms with van der Waals surface area (Å²) in [4.78, 5) is 36.8. The van der Waals surface area contributed by atoms with Crippen LogP contribution >= 0.6 is 0 Å². The summed E-state index contributed by atoms with van der Waals surface area (Å²) in [6.45, 7) is 2.71. The molecule has 1 aliphatic carbocycles. The Labute approximate surface area is 246 Å². The summed E-state index contributed by atoms with van der Waals surface area (Å²) in [6.07, 6.45) is -6.64. The topological polar surface area (TPSA) is 118 Å². The van der Waals surface area contributed by atoms with Crippen molar-refractivity contribution in [3.05, 3.63) is 41.5 Å². The molecule has 0 unspecified atom stereocenters. The summed E-state index contributed by atoms with van der Waals surface area (Å²) in [5.74, 6) is -12.7. The molecule has 1 aliphatic rings. The molecule has 1 fully saturated rings. The molecule has 3 aromatic rings. The number of imidazole rings is 1. The third kappa shape index (κ3) is 7.83. The van der Waals surface area contributed by atoms with E-state index in [1.807, 2.05) is 0 Å². The second kappa shape index (κ2) is 12.3. The van der Waals surface area contributed by atoms with Crippen LogP contribution in [0.2, 0.25) is 0 Å². The van der Waals surface area contributed by atoms with Crippen LogP contribution in [-0.4, -0.2) is 61.1 Å². The van der Waals surface area contributed by atoms with Crippen LogP contribution in [0.4, 0.5) is 35.1 Å². The molecule has 0 aliphatic heterocycles. The highest BCUT2D eigenvalue weighted by Gasteiger charge is 2.41. The van der Waals surface area contributed by atoms with Crippen LogP contribution in [0.1, 0.15) is 92.9 Å². The molecule has 4 rings (SSSR count). The third-order valence-corrected chi connectivity index (χ3v) is 7.42. The second-order valence-electron chi connectivity index (χ2n) is 11.4. The molecule has 0 spiro atoms. The van der Waals surface area contributed by atoms with Gasteiger partial charge in [0.05, 0.1) is 30.4 Å². The molecule has 2 aromatic heterocycles. The standard InChI is InChI=1S/C27H31F8N7O2/c1-13(2)42-22(37-12-38-42)24(44)41-19(14-6-8-26(31,32)9-7-14)21-39-17-5-4-15(18(28)20(17)40-21)16(10-27(33,34)35)23(43)36-11-25(3,29)30/h4-5,12-14,16,19H,6-11H2,1-3H3,(H,36,43)(H,39,40)(H,41,44)/t16-,19+/m1/s1. The molecule has 2 atom stereocenters. The van der Waals surface area contributed by atoms with E-state index in [2.05, 4.69) is 25.4 Å². The lowest BCUT2D eigenvalue weighted by molar-refractivity contribution is -0.148. The molecule has 2 amide bonds. The quantitative estimate of drug-likeness (QED) is 0.237. The van der Waals surface area contributed by atoms with E-state index in [0.29, 0.717) is 6.92 Å². The van der Waals surface area contributed by atoms with Crippen molar-refractivity contribution in [2.24, 2.45) is 5.92 Å². The number of alkyl halides is 7. The molecule has 0 bridgehead atoms. The zero-order chi connectivity index (χ0) is 32.6. The fraction of sp³-hybridized carbons (Fsp3) is 0.593. The van der Waals surface area contributed by atoms with Gasteiger partial charge in [0.2, 0.25) is 17.7 Å². The van der Waals surface area contributed by atoms with Crippen LogP contribution in [0, 0.1) is 11.7 Å². The lowest BCUT2D eigenvalue weighted by atomic mass is 9.81. The van der Waals surface area contributed by atoms with E-state index in [0.717, 1.165) is 6.07 Å². The molecular weight excluding hydrogens is 606 g/mol. The van der Waals surface area contributed by atoms with E-state index in [4.69, 9.17) is 0 Å². The fourth-order valence-corrected chi connectivity index (χ4v) is 5.24.